The number of phenols is 1. The van der Waals surface area contributed by atoms with E-state index in [1.54, 1.807) is 12.1 Å². The second-order valence-corrected chi connectivity index (χ2v) is 9.74. The number of amides is 1. The van der Waals surface area contributed by atoms with Crippen LogP contribution in [0.15, 0.2) is 12.1 Å². The zero-order chi connectivity index (χ0) is 19.2. The minimum atomic E-state index is -0.269. The van der Waals surface area contributed by atoms with Gasteiger partial charge in [-0.05, 0) is 36.8 Å². The number of aromatic nitrogens is 1. The fourth-order valence-electron chi connectivity index (χ4n) is 2.60. The van der Waals surface area contributed by atoms with Crippen molar-refractivity contribution in [1.82, 2.24) is 4.98 Å². The van der Waals surface area contributed by atoms with Gasteiger partial charge in [0, 0.05) is 21.6 Å². The van der Waals surface area contributed by atoms with Crippen molar-refractivity contribution < 1.29 is 9.90 Å². The number of aryl methyl sites for hydroxylation is 2. The number of benzene rings is 1. The minimum Gasteiger partial charge on any atom is -0.507 e. The number of thiazole rings is 1. The summed E-state index contributed by atoms with van der Waals surface area (Å²) in [6, 6.07) is 3.57. The van der Waals surface area contributed by atoms with Crippen LogP contribution in [0.1, 0.15) is 73.6 Å². The Labute approximate surface area is 154 Å². The maximum atomic E-state index is 12.8. The molecular weight excluding hydrogens is 332 g/mol. The van der Waals surface area contributed by atoms with Gasteiger partial charge in [-0.1, -0.05) is 41.5 Å². The van der Waals surface area contributed by atoms with E-state index < -0.39 is 0 Å². The van der Waals surface area contributed by atoms with Crippen LogP contribution in [-0.4, -0.2) is 16.0 Å². The van der Waals surface area contributed by atoms with Crippen LogP contribution in [0.4, 0.5) is 5.13 Å². The summed E-state index contributed by atoms with van der Waals surface area (Å²) in [5, 5.41) is 14.2. The van der Waals surface area contributed by atoms with Crippen molar-refractivity contribution >= 4 is 22.4 Å². The Kier molecular flexibility index (Phi) is 5.01. The van der Waals surface area contributed by atoms with E-state index in [1.807, 2.05) is 55.4 Å². The highest BCUT2D eigenvalue weighted by Gasteiger charge is 2.28. The van der Waals surface area contributed by atoms with E-state index in [0.29, 0.717) is 10.7 Å². The molecule has 0 radical (unpaired) electrons. The smallest absolute Gasteiger partial charge is 0.257 e. The molecule has 1 aromatic carbocycles. The van der Waals surface area contributed by atoms with E-state index in [1.165, 1.54) is 11.3 Å². The highest BCUT2D eigenvalue weighted by Crippen LogP contribution is 2.40. The fourth-order valence-corrected chi connectivity index (χ4v) is 3.41. The topological polar surface area (TPSA) is 62.2 Å². The maximum absolute atomic E-state index is 12.8. The average molecular weight is 361 g/mol. The SMILES string of the molecule is Cc1nc(NC(=O)c2cc(C(C)(C)C)c(O)c(C(C)(C)C)c2)sc1C. The van der Waals surface area contributed by atoms with Gasteiger partial charge in [0.25, 0.3) is 5.91 Å². The first kappa shape index (κ1) is 19.4. The van der Waals surface area contributed by atoms with Gasteiger partial charge < -0.3 is 5.11 Å². The van der Waals surface area contributed by atoms with Crippen LogP contribution in [0.2, 0.25) is 0 Å². The van der Waals surface area contributed by atoms with Gasteiger partial charge in [0.1, 0.15) is 5.75 Å². The zero-order valence-corrected chi connectivity index (χ0v) is 17.2. The first-order valence-electron chi connectivity index (χ1n) is 8.44. The second-order valence-electron chi connectivity index (χ2n) is 8.53. The third-order valence-electron chi connectivity index (χ3n) is 4.24. The Morgan fingerprint density at radius 3 is 1.88 bits per heavy atom. The third kappa shape index (κ3) is 4.21. The van der Waals surface area contributed by atoms with Crippen molar-refractivity contribution in [3.05, 3.63) is 39.4 Å². The number of nitrogens with one attached hydrogen (secondary N) is 1. The van der Waals surface area contributed by atoms with Gasteiger partial charge in [0.2, 0.25) is 0 Å². The third-order valence-corrected chi connectivity index (χ3v) is 5.23. The Morgan fingerprint density at radius 1 is 1.04 bits per heavy atom. The lowest BCUT2D eigenvalue weighted by Gasteiger charge is -2.28. The minimum absolute atomic E-state index is 0.204. The fraction of sp³-hybridized carbons (Fsp3) is 0.500. The molecule has 2 aromatic rings. The summed E-state index contributed by atoms with van der Waals surface area (Å²) in [5.74, 6) is 0.0715. The molecule has 2 rings (SSSR count). The monoisotopic (exact) mass is 360 g/mol. The highest BCUT2D eigenvalue weighted by atomic mass is 32.1. The standard InChI is InChI=1S/C20H28N2O2S/c1-11-12(2)25-18(21-11)22-17(24)13-9-14(19(3,4)5)16(23)15(10-13)20(6,7)8/h9-10,23H,1-8H3,(H,21,22,24). The maximum Gasteiger partial charge on any atom is 0.257 e. The van der Waals surface area contributed by atoms with Crippen molar-refractivity contribution in [2.45, 2.75) is 66.2 Å². The number of aromatic hydroxyl groups is 1. The van der Waals surface area contributed by atoms with E-state index in [2.05, 4.69) is 10.3 Å². The molecule has 136 valence electrons. The largest absolute Gasteiger partial charge is 0.507 e. The van der Waals surface area contributed by atoms with Gasteiger partial charge in [-0.15, -0.1) is 11.3 Å². The molecule has 2 N–H and O–H groups in total. The number of hydrogen-bond acceptors (Lipinski definition) is 4. The molecule has 4 nitrogen and oxygen atoms in total. The lowest BCUT2D eigenvalue weighted by atomic mass is 9.78. The van der Waals surface area contributed by atoms with Gasteiger partial charge >= 0.3 is 0 Å². The molecule has 0 fully saturated rings. The second kappa shape index (κ2) is 6.45. The molecule has 25 heavy (non-hydrogen) atoms. The van der Waals surface area contributed by atoms with E-state index in [-0.39, 0.29) is 22.5 Å². The van der Waals surface area contributed by atoms with Crippen LogP contribution in [0.25, 0.3) is 0 Å². The quantitative estimate of drug-likeness (QED) is 0.762. The lowest BCUT2D eigenvalue weighted by Crippen LogP contribution is -2.20. The number of phenolic OH excluding ortho intramolecular Hbond substituents is 1. The predicted octanol–water partition coefficient (Wildman–Crippen LogP) is 5.31. The molecule has 1 heterocycles. The molecule has 5 heteroatoms. The first-order valence-corrected chi connectivity index (χ1v) is 9.25. The van der Waals surface area contributed by atoms with E-state index in [4.69, 9.17) is 0 Å². The van der Waals surface area contributed by atoms with Crippen molar-refractivity contribution in [3.8, 4) is 5.75 Å². The molecule has 0 unspecified atom stereocenters. The molecule has 0 saturated carbocycles. The summed E-state index contributed by atoms with van der Waals surface area (Å²) >= 11 is 1.47. The molecule has 0 saturated heterocycles. The zero-order valence-electron chi connectivity index (χ0n) is 16.4. The molecule has 0 bridgehead atoms. The number of anilines is 1. The van der Waals surface area contributed by atoms with Crippen LogP contribution < -0.4 is 5.32 Å². The molecule has 1 aromatic heterocycles. The number of hydrogen-bond donors (Lipinski definition) is 2. The van der Waals surface area contributed by atoms with Gasteiger partial charge in [-0.25, -0.2) is 4.98 Å². The van der Waals surface area contributed by atoms with Crippen molar-refractivity contribution in [1.29, 1.82) is 0 Å². The number of nitrogens with zero attached hydrogens (tertiary/aromatic N) is 1. The van der Waals surface area contributed by atoms with Crippen LogP contribution in [0.3, 0.4) is 0 Å². The lowest BCUT2D eigenvalue weighted by molar-refractivity contribution is 0.102. The Bertz CT molecular complexity index is 754. The molecular formula is C20H28N2O2S. The number of carbonyl (C=O) groups excluding carboxylic acids is 1. The summed E-state index contributed by atoms with van der Waals surface area (Å²) in [5.41, 5.74) is 2.48. The summed E-state index contributed by atoms with van der Waals surface area (Å²) < 4.78 is 0. The number of carbonyl (C=O) groups is 1. The Hall–Kier alpha value is -1.88. The van der Waals surface area contributed by atoms with Crippen LogP contribution in [0.5, 0.6) is 5.75 Å². The summed E-state index contributed by atoms with van der Waals surface area (Å²) in [4.78, 5) is 18.2. The highest BCUT2D eigenvalue weighted by molar-refractivity contribution is 7.15. The Morgan fingerprint density at radius 2 is 1.52 bits per heavy atom. The summed E-state index contributed by atoms with van der Waals surface area (Å²) in [6.45, 7) is 16.1. The Balaban J connectivity index is 2.51. The van der Waals surface area contributed by atoms with Gasteiger partial charge in [0.05, 0.1) is 5.69 Å². The van der Waals surface area contributed by atoms with E-state index in [0.717, 1.165) is 21.7 Å². The first-order chi connectivity index (χ1) is 11.3. The van der Waals surface area contributed by atoms with Crippen molar-refractivity contribution in [2.75, 3.05) is 5.32 Å². The predicted molar refractivity (Wildman–Crippen MR) is 105 cm³/mol. The number of rotatable bonds is 2. The van der Waals surface area contributed by atoms with Crippen molar-refractivity contribution in [3.63, 3.8) is 0 Å². The molecule has 0 aliphatic rings. The van der Waals surface area contributed by atoms with Gasteiger partial charge in [-0.2, -0.15) is 0 Å². The normalized spacial score (nSPS) is 12.3. The molecule has 0 spiro atoms. The van der Waals surface area contributed by atoms with E-state index >= 15 is 0 Å². The average Bonchev–Trinajstić information content (AvgIpc) is 2.74. The van der Waals surface area contributed by atoms with Gasteiger partial charge in [0.15, 0.2) is 5.13 Å². The van der Waals surface area contributed by atoms with Crippen LogP contribution >= 0.6 is 11.3 Å². The molecule has 0 aliphatic heterocycles. The molecule has 0 aliphatic carbocycles. The summed E-state index contributed by atoms with van der Waals surface area (Å²) in [6.07, 6.45) is 0. The summed E-state index contributed by atoms with van der Waals surface area (Å²) in [7, 11) is 0. The van der Waals surface area contributed by atoms with Crippen molar-refractivity contribution in [2.24, 2.45) is 0 Å². The molecule has 0 atom stereocenters. The van der Waals surface area contributed by atoms with Crippen LogP contribution in [-0.2, 0) is 10.8 Å². The van der Waals surface area contributed by atoms with E-state index in [9.17, 15) is 9.90 Å². The van der Waals surface area contributed by atoms with Gasteiger partial charge in [-0.3, -0.25) is 10.1 Å². The van der Waals surface area contributed by atoms with Crippen LogP contribution in [0, 0.1) is 13.8 Å². The molecule has 1 amide bonds.